The molecular formula is C17H16N4O2. The highest BCUT2D eigenvalue weighted by Crippen LogP contribution is 2.30. The van der Waals surface area contributed by atoms with Crippen LogP contribution in [0.1, 0.15) is 22.8 Å². The number of carboxylic acids is 1. The van der Waals surface area contributed by atoms with Gasteiger partial charge in [0.25, 0.3) is 0 Å². The summed E-state index contributed by atoms with van der Waals surface area (Å²) >= 11 is 0. The van der Waals surface area contributed by atoms with Gasteiger partial charge in [0, 0.05) is 12.1 Å². The van der Waals surface area contributed by atoms with Crippen LogP contribution in [0.25, 0.3) is 22.5 Å². The van der Waals surface area contributed by atoms with Crippen molar-refractivity contribution in [1.82, 2.24) is 20.2 Å². The summed E-state index contributed by atoms with van der Waals surface area (Å²) in [6.07, 6.45) is 0. The van der Waals surface area contributed by atoms with Crippen LogP contribution in [-0.2, 0) is 6.54 Å². The number of rotatable bonds is 4. The lowest BCUT2D eigenvalue weighted by atomic mass is 9.94. The van der Waals surface area contributed by atoms with Gasteiger partial charge in [-0.1, -0.05) is 30.3 Å². The largest absolute Gasteiger partial charge is 0.478 e. The molecule has 0 aliphatic carbocycles. The number of hydrogen-bond donors (Lipinski definition) is 1. The van der Waals surface area contributed by atoms with Gasteiger partial charge in [-0.2, -0.15) is 0 Å². The molecule has 3 rings (SSSR count). The highest BCUT2D eigenvalue weighted by molar-refractivity contribution is 5.94. The number of nitrogens with zero attached hydrogens (tertiary/aromatic N) is 4. The maximum atomic E-state index is 11.6. The van der Waals surface area contributed by atoms with Gasteiger partial charge >= 0.3 is 5.97 Å². The van der Waals surface area contributed by atoms with E-state index in [4.69, 9.17) is 0 Å². The average Bonchev–Trinajstić information content (AvgIpc) is 3.04. The lowest BCUT2D eigenvalue weighted by Crippen LogP contribution is -2.05. The van der Waals surface area contributed by atoms with Crippen LogP contribution < -0.4 is 0 Å². The minimum Gasteiger partial charge on any atom is -0.478 e. The van der Waals surface area contributed by atoms with Crippen LogP contribution in [0, 0.1) is 6.92 Å². The van der Waals surface area contributed by atoms with Crippen LogP contribution in [0.15, 0.2) is 42.5 Å². The average molecular weight is 308 g/mol. The molecular weight excluding hydrogens is 292 g/mol. The minimum absolute atomic E-state index is 0.256. The van der Waals surface area contributed by atoms with Crippen molar-refractivity contribution < 1.29 is 9.90 Å². The van der Waals surface area contributed by atoms with E-state index in [9.17, 15) is 9.90 Å². The highest BCUT2D eigenvalue weighted by atomic mass is 16.4. The SMILES string of the molecule is CCn1nnnc1-c1cc(-c2ccccc2)cc(C(=O)O)c1C. The van der Waals surface area contributed by atoms with Gasteiger partial charge in [0.15, 0.2) is 5.82 Å². The third kappa shape index (κ3) is 2.70. The second-order valence-electron chi connectivity index (χ2n) is 5.19. The van der Waals surface area contributed by atoms with Crippen molar-refractivity contribution in [3.8, 4) is 22.5 Å². The molecule has 0 bridgehead atoms. The van der Waals surface area contributed by atoms with Crippen molar-refractivity contribution in [2.24, 2.45) is 0 Å². The van der Waals surface area contributed by atoms with Gasteiger partial charge in [-0.15, -0.1) is 5.10 Å². The topological polar surface area (TPSA) is 80.9 Å². The van der Waals surface area contributed by atoms with Gasteiger partial charge in [-0.05, 0) is 53.1 Å². The molecule has 1 aromatic heterocycles. The predicted molar refractivity (Wildman–Crippen MR) is 86.1 cm³/mol. The zero-order valence-corrected chi connectivity index (χ0v) is 12.9. The van der Waals surface area contributed by atoms with Crippen molar-refractivity contribution in [3.05, 3.63) is 53.6 Å². The standard InChI is InChI=1S/C17H16N4O2/c1-3-21-16(18-19-20-21)14-9-13(12-7-5-4-6-8-12)10-15(11(14)2)17(22)23/h4-10H,3H2,1-2H3,(H,22,23). The van der Waals surface area contributed by atoms with E-state index in [1.54, 1.807) is 17.7 Å². The van der Waals surface area contributed by atoms with E-state index in [0.717, 1.165) is 16.7 Å². The summed E-state index contributed by atoms with van der Waals surface area (Å²) in [7, 11) is 0. The number of carbonyl (C=O) groups is 1. The van der Waals surface area contributed by atoms with Crippen LogP contribution in [-0.4, -0.2) is 31.3 Å². The molecule has 116 valence electrons. The first-order valence-electron chi connectivity index (χ1n) is 7.31. The van der Waals surface area contributed by atoms with Gasteiger partial charge in [-0.25, -0.2) is 9.48 Å². The molecule has 1 heterocycles. The van der Waals surface area contributed by atoms with E-state index in [0.29, 0.717) is 17.9 Å². The summed E-state index contributed by atoms with van der Waals surface area (Å²) in [5.41, 5.74) is 3.42. The number of aryl methyl sites for hydroxylation is 1. The second kappa shape index (κ2) is 6.00. The quantitative estimate of drug-likeness (QED) is 0.801. The van der Waals surface area contributed by atoms with E-state index in [1.807, 2.05) is 43.3 Å². The number of benzene rings is 2. The third-order valence-corrected chi connectivity index (χ3v) is 3.82. The summed E-state index contributed by atoms with van der Waals surface area (Å²) < 4.78 is 1.66. The van der Waals surface area contributed by atoms with Gasteiger partial charge in [0.2, 0.25) is 0 Å². The fourth-order valence-corrected chi connectivity index (χ4v) is 2.58. The monoisotopic (exact) mass is 308 g/mol. The van der Waals surface area contributed by atoms with Crippen LogP contribution in [0.4, 0.5) is 0 Å². The number of tetrazole rings is 1. The summed E-state index contributed by atoms with van der Waals surface area (Å²) in [5, 5.41) is 21.2. The number of aromatic nitrogens is 4. The normalized spacial score (nSPS) is 10.7. The number of hydrogen-bond acceptors (Lipinski definition) is 4. The van der Waals surface area contributed by atoms with E-state index in [2.05, 4.69) is 15.5 Å². The summed E-state index contributed by atoms with van der Waals surface area (Å²) in [4.78, 5) is 11.6. The van der Waals surface area contributed by atoms with Crippen molar-refractivity contribution in [2.75, 3.05) is 0 Å². The van der Waals surface area contributed by atoms with Crippen LogP contribution >= 0.6 is 0 Å². The lowest BCUT2D eigenvalue weighted by molar-refractivity contribution is 0.0696. The first-order chi connectivity index (χ1) is 11.1. The van der Waals surface area contributed by atoms with Gasteiger partial charge in [-0.3, -0.25) is 0 Å². The van der Waals surface area contributed by atoms with Crippen molar-refractivity contribution in [3.63, 3.8) is 0 Å². The van der Waals surface area contributed by atoms with Gasteiger partial charge in [0.05, 0.1) is 5.56 Å². The fraction of sp³-hybridized carbons (Fsp3) is 0.176. The molecule has 23 heavy (non-hydrogen) atoms. The molecule has 0 aliphatic rings. The molecule has 1 N–H and O–H groups in total. The van der Waals surface area contributed by atoms with E-state index in [1.165, 1.54) is 0 Å². The molecule has 2 aromatic carbocycles. The molecule has 0 saturated carbocycles. The van der Waals surface area contributed by atoms with Crippen LogP contribution in [0.2, 0.25) is 0 Å². The summed E-state index contributed by atoms with van der Waals surface area (Å²) in [6.45, 7) is 4.33. The van der Waals surface area contributed by atoms with E-state index in [-0.39, 0.29) is 5.56 Å². The Kier molecular flexibility index (Phi) is 3.89. The summed E-state index contributed by atoms with van der Waals surface area (Å²) in [5.74, 6) is -0.387. The Morgan fingerprint density at radius 2 is 1.91 bits per heavy atom. The Labute approximate surface area is 133 Å². The molecule has 0 fully saturated rings. The molecule has 0 aliphatic heterocycles. The molecule has 0 saturated heterocycles. The predicted octanol–water partition coefficient (Wildman–Crippen LogP) is 3.03. The molecule has 0 amide bonds. The molecule has 6 heteroatoms. The number of aromatic carboxylic acids is 1. The Bertz CT molecular complexity index is 856. The lowest BCUT2D eigenvalue weighted by Gasteiger charge is -2.12. The minimum atomic E-state index is -0.961. The molecule has 0 unspecified atom stereocenters. The van der Waals surface area contributed by atoms with Crippen molar-refractivity contribution >= 4 is 5.97 Å². The maximum Gasteiger partial charge on any atom is 0.335 e. The zero-order chi connectivity index (χ0) is 16.4. The fourth-order valence-electron chi connectivity index (χ4n) is 2.58. The Morgan fingerprint density at radius 1 is 1.17 bits per heavy atom. The highest BCUT2D eigenvalue weighted by Gasteiger charge is 2.18. The van der Waals surface area contributed by atoms with Gasteiger partial charge in [0.1, 0.15) is 0 Å². The van der Waals surface area contributed by atoms with E-state index < -0.39 is 5.97 Å². The molecule has 0 spiro atoms. The summed E-state index contributed by atoms with van der Waals surface area (Å²) in [6, 6.07) is 13.3. The Morgan fingerprint density at radius 3 is 2.57 bits per heavy atom. The molecule has 6 nitrogen and oxygen atoms in total. The first-order valence-corrected chi connectivity index (χ1v) is 7.31. The van der Waals surface area contributed by atoms with Gasteiger partial charge < -0.3 is 5.11 Å². The number of carboxylic acid groups (broad SMARTS) is 1. The van der Waals surface area contributed by atoms with Crippen LogP contribution in [0.5, 0.6) is 0 Å². The van der Waals surface area contributed by atoms with E-state index >= 15 is 0 Å². The third-order valence-electron chi connectivity index (χ3n) is 3.82. The molecule has 0 atom stereocenters. The Hall–Kier alpha value is -3.02. The smallest absolute Gasteiger partial charge is 0.335 e. The van der Waals surface area contributed by atoms with Crippen molar-refractivity contribution in [1.29, 1.82) is 0 Å². The first kappa shape index (κ1) is 14.9. The van der Waals surface area contributed by atoms with Crippen LogP contribution in [0.3, 0.4) is 0 Å². The Balaban J connectivity index is 2.27. The molecule has 0 radical (unpaired) electrons. The zero-order valence-electron chi connectivity index (χ0n) is 12.9. The second-order valence-corrected chi connectivity index (χ2v) is 5.19. The maximum absolute atomic E-state index is 11.6. The molecule has 3 aromatic rings. The van der Waals surface area contributed by atoms with Crippen molar-refractivity contribution in [2.45, 2.75) is 20.4 Å².